The van der Waals surface area contributed by atoms with E-state index in [1.54, 1.807) is 6.07 Å². The van der Waals surface area contributed by atoms with E-state index in [9.17, 15) is 9.18 Å². The zero-order valence-corrected chi connectivity index (χ0v) is 9.50. The van der Waals surface area contributed by atoms with Crippen molar-refractivity contribution in [2.75, 3.05) is 0 Å². The third-order valence-corrected chi connectivity index (χ3v) is 2.17. The van der Waals surface area contributed by atoms with Crippen molar-refractivity contribution in [2.45, 2.75) is 0 Å². The third-order valence-electron chi connectivity index (χ3n) is 2.17. The minimum absolute atomic E-state index is 0.0388. The fourth-order valence-corrected chi connectivity index (χ4v) is 1.43. The summed E-state index contributed by atoms with van der Waals surface area (Å²) in [5.74, 6) is -0.719. The number of aromatic nitrogens is 2. The van der Waals surface area contributed by atoms with Crippen LogP contribution in [0, 0.1) is 17.1 Å². The molecule has 0 atom stereocenters. The van der Waals surface area contributed by atoms with E-state index in [1.165, 1.54) is 30.5 Å². The van der Waals surface area contributed by atoms with E-state index in [0.29, 0.717) is 0 Å². The molecule has 0 bridgehead atoms. The first-order valence-corrected chi connectivity index (χ1v) is 5.11. The maximum atomic E-state index is 13.7. The molecule has 2 N–H and O–H groups in total. The molecule has 0 unspecified atom stereocenters. The normalized spacial score (nSPS) is 9.68. The van der Waals surface area contributed by atoms with Crippen LogP contribution in [-0.2, 0) is 0 Å². The van der Waals surface area contributed by atoms with Gasteiger partial charge in [0.05, 0.1) is 0 Å². The van der Waals surface area contributed by atoms with Gasteiger partial charge in [0, 0.05) is 6.20 Å². The molecule has 0 aromatic carbocycles. The lowest BCUT2D eigenvalue weighted by atomic mass is 10.2. The second-order valence-electron chi connectivity index (χ2n) is 3.41. The van der Waals surface area contributed by atoms with Crippen LogP contribution in [0.3, 0.4) is 0 Å². The Balaban J connectivity index is 2.62. The van der Waals surface area contributed by atoms with Gasteiger partial charge < -0.3 is 10.5 Å². The summed E-state index contributed by atoms with van der Waals surface area (Å²) in [5.41, 5.74) is 4.76. The highest BCUT2D eigenvalue weighted by Gasteiger charge is 2.16. The maximum Gasteiger partial charge on any atom is 0.410 e. The number of hydrogen-bond acceptors (Lipinski definition) is 5. The molecule has 0 spiro atoms. The van der Waals surface area contributed by atoms with E-state index in [1.807, 2.05) is 0 Å². The molecule has 2 aromatic heterocycles. The molecule has 6 nitrogen and oxygen atoms in total. The van der Waals surface area contributed by atoms with E-state index in [2.05, 4.69) is 9.97 Å². The smallest absolute Gasteiger partial charge is 0.408 e. The number of pyridine rings is 2. The van der Waals surface area contributed by atoms with Crippen LogP contribution < -0.4 is 10.5 Å². The first-order valence-electron chi connectivity index (χ1n) is 5.11. The number of nitriles is 1. The average molecular weight is 258 g/mol. The zero-order valence-electron chi connectivity index (χ0n) is 9.50. The Kier molecular flexibility index (Phi) is 3.34. The Hall–Kier alpha value is -3.01. The third kappa shape index (κ3) is 2.63. The van der Waals surface area contributed by atoms with Crippen LogP contribution in [-0.4, -0.2) is 16.1 Å². The summed E-state index contributed by atoms with van der Waals surface area (Å²) in [4.78, 5) is 18.5. The molecule has 0 aliphatic heterocycles. The molecule has 0 radical (unpaired) electrons. The molecule has 0 aliphatic rings. The topological polar surface area (TPSA) is 102 Å². The molecular formula is C12H7FN4O2. The summed E-state index contributed by atoms with van der Waals surface area (Å²) >= 11 is 0. The van der Waals surface area contributed by atoms with Gasteiger partial charge in [0.15, 0.2) is 11.6 Å². The number of primary amides is 1. The van der Waals surface area contributed by atoms with Crippen LogP contribution in [0.1, 0.15) is 5.69 Å². The van der Waals surface area contributed by atoms with E-state index >= 15 is 0 Å². The molecule has 2 rings (SSSR count). The van der Waals surface area contributed by atoms with Gasteiger partial charge >= 0.3 is 6.09 Å². The largest absolute Gasteiger partial charge is 0.410 e. The van der Waals surface area contributed by atoms with Gasteiger partial charge in [0.25, 0.3) is 0 Å². The number of halogens is 1. The van der Waals surface area contributed by atoms with Crippen molar-refractivity contribution in [3.8, 4) is 23.2 Å². The molecule has 0 fully saturated rings. The monoisotopic (exact) mass is 258 g/mol. The van der Waals surface area contributed by atoms with Crippen LogP contribution in [0.25, 0.3) is 11.4 Å². The van der Waals surface area contributed by atoms with Crippen molar-refractivity contribution in [1.82, 2.24) is 9.97 Å². The predicted octanol–water partition coefficient (Wildman–Crippen LogP) is 1.61. The van der Waals surface area contributed by atoms with Gasteiger partial charge in [-0.15, -0.1) is 0 Å². The molecule has 0 aliphatic carbocycles. The molecule has 0 saturated heterocycles. The lowest BCUT2D eigenvalue weighted by Crippen LogP contribution is -2.17. The Morgan fingerprint density at radius 3 is 2.79 bits per heavy atom. The minimum Gasteiger partial charge on any atom is -0.408 e. The Morgan fingerprint density at radius 2 is 2.16 bits per heavy atom. The standard InChI is InChI=1S/C12H7FN4O2/c13-8-2-1-5-16-10(8)11-9(19-12(15)18)4-3-7(6-14)17-11/h1-5H,(H2,15,18). The summed E-state index contributed by atoms with van der Waals surface area (Å²) in [7, 11) is 0. The molecule has 7 heteroatoms. The summed E-state index contributed by atoms with van der Waals surface area (Å²) in [6, 6.07) is 7.01. The molecule has 19 heavy (non-hydrogen) atoms. The van der Waals surface area contributed by atoms with Gasteiger partial charge in [-0.1, -0.05) is 0 Å². The molecular weight excluding hydrogens is 251 g/mol. The van der Waals surface area contributed by atoms with Crippen molar-refractivity contribution >= 4 is 6.09 Å². The molecule has 0 saturated carbocycles. The van der Waals surface area contributed by atoms with Crippen molar-refractivity contribution in [3.05, 3.63) is 42.0 Å². The van der Waals surface area contributed by atoms with Gasteiger partial charge in [-0.3, -0.25) is 4.98 Å². The fourth-order valence-electron chi connectivity index (χ4n) is 1.43. The molecule has 94 valence electrons. The lowest BCUT2D eigenvalue weighted by Gasteiger charge is -2.07. The summed E-state index contributed by atoms with van der Waals surface area (Å²) < 4.78 is 18.4. The molecule has 2 aromatic rings. The second-order valence-corrected chi connectivity index (χ2v) is 3.41. The van der Waals surface area contributed by atoms with Crippen molar-refractivity contribution in [3.63, 3.8) is 0 Å². The number of carbonyl (C=O) groups is 1. The maximum absolute atomic E-state index is 13.7. The van der Waals surface area contributed by atoms with Gasteiger partial charge in [0.1, 0.15) is 23.2 Å². The van der Waals surface area contributed by atoms with Crippen LogP contribution in [0.15, 0.2) is 30.5 Å². The predicted molar refractivity (Wildman–Crippen MR) is 62.4 cm³/mol. The zero-order chi connectivity index (χ0) is 13.8. The van der Waals surface area contributed by atoms with E-state index in [0.717, 1.165) is 0 Å². The number of nitrogens with zero attached hydrogens (tertiary/aromatic N) is 3. The van der Waals surface area contributed by atoms with Gasteiger partial charge in [-0.2, -0.15) is 5.26 Å². The van der Waals surface area contributed by atoms with Crippen LogP contribution in [0.2, 0.25) is 0 Å². The number of rotatable bonds is 2. The molecule has 2 heterocycles. The summed E-state index contributed by atoms with van der Waals surface area (Å²) in [5, 5.41) is 8.79. The quantitative estimate of drug-likeness (QED) is 0.881. The second kappa shape index (κ2) is 5.10. The first-order chi connectivity index (χ1) is 9.11. The van der Waals surface area contributed by atoms with Crippen molar-refractivity contribution in [1.29, 1.82) is 5.26 Å². The number of amides is 1. The van der Waals surface area contributed by atoms with Crippen molar-refractivity contribution < 1.29 is 13.9 Å². The number of carbonyl (C=O) groups excluding carboxylic acids is 1. The average Bonchev–Trinajstić information content (AvgIpc) is 2.39. The van der Waals surface area contributed by atoms with Gasteiger partial charge in [-0.05, 0) is 24.3 Å². The Bertz CT molecular complexity index is 682. The minimum atomic E-state index is -1.07. The van der Waals surface area contributed by atoms with Gasteiger partial charge in [-0.25, -0.2) is 14.2 Å². The Morgan fingerprint density at radius 1 is 1.37 bits per heavy atom. The fraction of sp³-hybridized carbons (Fsp3) is 0. The summed E-state index contributed by atoms with van der Waals surface area (Å²) in [6.45, 7) is 0. The van der Waals surface area contributed by atoms with Gasteiger partial charge in [0.2, 0.25) is 0 Å². The number of ether oxygens (including phenoxy) is 1. The number of hydrogen-bond donors (Lipinski definition) is 1. The highest BCUT2D eigenvalue weighted by Crippen LogP contribution is 2.28. The number of nitrogens with two attached hydrogens (primary N) is 1. The van der Waals surface area contributed by atoms with Crippen molar-refractivity contribution in [2.24, 2.45) is 5.73 Å². The van der Waals surface area contributed by atoms with Crippen LogP contribution >= 0.6 is 0 Å². The summed E-state index contributed by atoms with van der Waals surface area (Å²) in [6.07, 6.45) is 0.289. The Labute approximate surface area is 107 Å². The lowest BCUT2D eigenvalue weighted by molar-refractivity contribution is 0.211. The van der Waals surface area contributed by atoms with Crippen LogP contribution in [0.4, 0.5) is 9.18 Å². The molecule has 1 amide bonds. The first kappa shape index (κ1) is 12.4. The highest BCUT2D eigenvalue weighted by molar-refractivity contribution is 5.73. The van der Waals surface area contributed by atoms with E-state index in [-0.39, 0.29) is 22.8 Å². The highest BCUT2D eigenvalue weighted by atomic mass is 19.1. The van der Waals surface area contributed by atoms with E-state index in [4.69, 9.17) is 15.7 Å². The van der Waals surface area contributed by atoms with E-state index < -0.39 is 11.9 Å². The SMILES string of the molecule is N#Cc1ccc(OC(N)=O)c(-c2ncccc2F)n1. The van der Waals surface area contributed by atoms with Crippen LogP contribution in [0.5, 0.6) is 5.75 Å².